The molecule has 7 nitrogen and oxygen atoms in total. The van der Waals surface area contributed by atoms with Gasteiger partial charge in [-0.3, -0.25) is 9.80 Å². The lowest BCUT2D eigenvalue weighted by Crippen LogP contribution is -2.52. The fourth-order valence-electron chi connectivity index (χ4n) is 3.99. The molecule has 2 aliphatic heterocycles. The number of piperazine rings is 1. The van der Waals surface area contributed by atoms with Gasteiger partial charge in [0, 0.05) is 45.5 Å². The fraction of sp³-hybridized carbons (Fsp3) is 0.545. The molecule has 0 aliphatic carbocycles. The predicted molar refractivity (Wildman–Crippen MR) is 113 cm³/mol. The lowest BCUT2D eigenvalue weighted by atomic mass is 9.93. The highest BCUT2D eigenvalue weighted by Gasteiger charge is 2.38. The van der Waals surface area contributed by atoms with Crippen LogP contribution in [0.5, 0.6) is 0 Å². The SMILES string of the molecule is CCOC(=O)C1=C(CN2CCN(CC)CC2)N(C)C(=O)NC1c1ccc(C(F)(F)F)cc1. The lowest BCUT2D eigenvalue weighted by molar-refractivity contribution is -0.139. The topological polar surface area (TPSA) is 65.1 Å². The van der Waals surface area contributed by atoms with E-state index < -0.39 is 29.8 Å². The van der Waals surface area contributed by atoms with Crippen LogP contribution in [-0.2, 0) is 15.7 Å². The number of carbonyl (C=O) groups excluding carboxylic acids is 2. The van der Waals surface area contributed by atoms with Crippen LogP contribution in [0.4, 0.5) is 18.0 Å². The number of likely N-dealkylation sites (N-methyl/N-ethyl adjacent to an activating group) is 2. The molecule has 1 N–H and O–H groups in total. The lowest BCUT2D eigenvalue weighted by Gasteiger charge is -2.39. The van der Waals surface area contributed by atoms with Crippen molar-refractivity contribution in [3.63, 3.8) is 0 Å². The largest absolute Gasteiger partial charge is 0.463 e. The first kappa shape index (κ1) is 24.1. The van der Waals surface area contributed by atoms with Crippen molar-refractivity contribution in [3.05, 3.63) is 46.7 Å². The third-order valence-corrected chi connectivity index (χ3v) is 5.93. The number of nitrogens with zero attached hydrogens (tertiary/aromatic N) is 3. The van der Waals surface area contributed by atoms with Gasteiger partial charge in [0.05, 0.1) is 23.8 Å². The second kappa shape index (κ2) is 9.91. The Balaban J connectivity index is 1.98. The summed E-state index contributed by atoms with van der Waals surface area (Å²) in [5.41, 5.74) is 0.334. The van der Waals surface area contributed by atoms with E-state index in [1.807, 2.05) is 0 Å². The van der Waals surface area contributed by atoms with Crippen LogP contribution in [0.25, 0.3) is 0 Å². The first-order valence-corrected chi connectivity index (χ1v) is 10.7. The van der Waals surface area contributed by atoms with Crippen molar-refractivity contribution in [2.45, 2.75) is 26.1 Å². The van der Waals surface area contributed by atoms with Crippen LogP contribution >= 0.6 is 0 Å². The molecule has 3 rings (SSSR count). The van der Waals surface area contributed by atoms with E-state index in [1.54, 1.807) is 14.0 Å². The first-order chi connectivity index (χ1) is 15.2. The van der Waals surface area contributed by atoms with Gasteiger partial charge >= 0.3 is 18.2 Å². The number of rotatable bonds is 6. The van der Waals surface area contributed by atoms with E-state index in [0.717, 1.165) is 44.9 Å². The quantitative estimate of drug-likeness (QED) is 0.670. The molecule has 1 unspecified atom stereocenters. The fourth-order valence-corrected chi connectivity index (χ4v) is 3.99. The number of ether oxygens (including phenoxy) is 1. The molecule has 1 aromatic rings. The molecule has 1 saturated heterocycles. The van der Waals surface area contributed by atoms with Gasteiger partial charge in [0.2, 0.25) is 0 Å². The van der Waals surface area contributed by atoms with Crippen molar-refractivity contribution in [1.82, 2.24) is 20.0 Å². The number of esters is 1. The van der Waals surface area contributed by atoms with Crippen LogP contribution in [-0.4, -0.2) is 79.6 Å². The van der Waals surface area contributed by atoms with Crippen molar-refractivity contribution < 1.29 is 27.5 Å². The maximum Gasteiger partial charge on any atom is 0.416 e. The molecule has 1 fully saturated rings. The summed E-state index contributed by atoms with van der Waals surface area (Å²) in [6.07, 6.45) is -4.47. The van der Waals surface area contributed by atoms with Crippen molar-refractivity contribution >= 4 is 12.0 Å². The van der Waals surface area contributed by atoms with E-state index in [9.17, 15) is 22.8 Å². The Morgan fingerprint density at radius 3 is 2.22 bits per heavy atom. The van der Waals surface area contributed by atoms with Gasteiger partial charge in [0.25, 0.3) is 0 Å². The Morgan fingerprint density at radius 1 is 1.09 bits per heavy atom. The van der Waals surface area contributed by atoms with Gasteiger partial charge in [-0.25, -0.2) is 9.59 Å². The van der Waals surface area contributed by atoms with Gasteiger partial charge in [-0.05, 0) is 31.2 Å². The summed E-state index contributed by atoms with van der Waals surface area (Å²) in [5.74, 6) is -0.591. The zero-order chi connectivity index (χ0) is 23.5. The van der Waals surface area contributed by atoms with Gasteiger partial charge in [0.1, 0.15) is 0 Å². The number of hydrogen-bond donors (Lipinski definition) is 1. The van der Waals surface area contributed by atoms with Crippen LogP contribution in [0.3, 0.4) is 0 Å². The van der Waals surface area contributed by atoms with Gasteiger partial charge in [-0.15, -0.1) is 0 Å². The molecule has 0 spiro atoms. The molecule has 32 heavy (non-hydrogen) atoms. The van der Waals surface area contributed by atoms with Gasteiger partial charge in [-0.2, -0.15) is 13.2 Å². The number of urea groups is 1. The minimum Gasteiger partial charge on any atom is -0.463 e. The number of nitrogens with one attached hydrogen (secondary N) is 1. The zero-order valence-electron chi connectivity index (χ0n) is 18.5. The van der Waals surface area contributed by atoms with Gasteiger partial charge in [-0.1, -0.05) is 19.1 Å². The van der Waals surface area contributed by atoms with Crippen LogP contribution in [0.15, 0.2) is 35.5 Å². The van der Waals surface area contributed by atoms with Crippen molar-refractivity contribution in [2.75, 3.05) is 52.9 Å². The van der Waals surface area contributed by atoms with Crippen LogP contribution in [0, 0.1) is 0 Å². The van der Waals surface area contributed by atoms with E-state index in [1.165, 1.54) is 17.0 Å². The highest BCUT2D eigenvalue weighted by atomic mass is 19.4. The maximum absolute atomic E-state index is 13.0. The third kappa shape index (κ3) is 5.24. The molecule has 0 bridgehead atoms. The third-order valence-electron chi connectivity index (χ3n) is 5.93. The zero-order valence-corrected chi connectivity index (χ0v) is 18.5. The monoisotopic (exact) mass is 454 g/mol. The van der Waals surface area contributed by atoms with Crippen molar-refractivity contribution in [2.24, 2.45) is 0 Å². The molecule has 0 saturated carbocycles. The second-order valence-corrected chi connectivity index (χ2v) is 7.85. The number of halogens is 3. The van der Waals surface area contributed by atoms with E-state index in [2.05, 4.69) is 22.0 Å². The van der Waals surface area contributed by atoms with E-state index in [4.69, 9.17) is 4.74 Å². The summed E-state index contributed by atoms with van der Waals surface area (Å²) in [6, 6.07) is 3.15. The molecule has 176 valence electrons. The molecule has 0 radical (unpaired) electrons. The summed E-state index contributed by atoms with van der Waals surface area (Å²) in [4.78, 5) is 31.5. The van der Waals surface area contributed by atoms with Crippen LogP contribution in [0.1, 0.15) is 31.0 Å². The summed E-state index contributed by atoms with van der Waals surface area (Å²) in [7, 11) is 1.58. The normalized spacial score (nSPS) is 21.0. The number of benzene rings is 1. The summed E-state index contributed by atoms with van der Waals surface area (Å²) >= 11 is 0. The predicted octanol–water partition coefficient (Wildman–Crippen LogP) is 2.86. The molecule has 10 heteroatoms. The van der Waals surface area contributed by atoms with Crippen LogP contribution in [0.2, 0.25) is 0 Å². The minimum absolute atomic E-state index is 0.141. The molecule has 2 aliphatic rings. The highest BCUT2D eigenvalue weighted by Crippen LogP contribution is 2.34. The van der Waals surface area contributed by atoms with Gasteiger partial charge in [0.15, 0.2) is 0 Å². The second-order valence-electron chi connectivity index (χ2n) is 7.85. The van der Waals surface area contributed by atoms with Crippen molar-refractivity contribution in [3.8, 4) is 0 Å². The average Bonchev–Trinajstić information content (AvgIpc) is 2.77. The van der Waals surface area contributed by atoms with E-state index in [-0.39, 0.29) is 12.2 Å². The van der Waals surface area contributed by atoms with Gasteiger partial charge < -0.3 is 15.0 Å². The number of amides is 2. The minimum atomic E-state index is -4.47. The van der Waals surface area contributed by atoms with Crippen molar-refractivity contribution in [1.29, 1.82) is 0 Å². The molecule has 1 atom stereocenters. The summed E-state index contributed by atoms with van der Waals surface area (Å²) < 4.78 is 44.2. The number of hydrogen-bond acceptors (Lipinski definition) is 5. The Morgan fingerprint density at radius 2 is 1.69 bits per heavy atom. The highest BCUT2D eigenvalue weighted by molar-refractivity contribution is 5.95. The molecule has 0 aromatic heterocycles. The number of carbonyl (C=O) groups is 2. The first-order valence-electron chi connectivity index (χ1n) is 10.7. The summed E-state index contributed by atoms with van der Waals surface area (Å²) in [6.45, 7) is 8.60. The standard InChI is InChI=1S/C22H29F3N4O3/c1-4-28-10-12-29(13-11-28)14-17-18(20(30)32-5-2)19(26-21(31)27(17)3)15-6-8-16(9-7-15)22(23,24)25/h6-9,19H,4-5,10-14H2,1-3H3,(H,26,31). The molecule has 1 aromatic carbocycles. The molecule has 2 amide bonds. The van der Waals surface area contributed by atoms with E-state index >= 15 is 0 Å². The van der Waals surface area contributed by atoms with Crippen LogP contribution < -0.4 is 5.32 Å². The Labute approximate surface area is 185 Å². The number of alkyl halides is 3. The molecular formula is C22H29F3N4O3. The molecule has 2 heterocycles. The summed E-state index contributed by atoms with van der Waals surface area (Å²) in [5, 5.41) is 2.73. The maximum atomic E-state index is 13.0. The Hall–Kier alpha value is -2.59. The molecular weight excluding hydrogens is 425 g/mol. The average molecular weight is 454 g/mol. The smallest absolute Gasteiger partial charge is 0.416 e. The Kier molecular flexibility index (Phi) is 7.45. The Bertz CT molecular complexity index is 862. The van der Waals surface area contributed by atoms with E-state index in [0.29, 0.717) is 17.8 Å².